The van der Waals surface area contributed by atoms with Gasteiger partial charge in [-0.3, -0.25) is 9.69 Å². The number of aromatic nitrogens is 1. The van der Waals surface area contributed by atoms with Crippen molar-refractivity contribution in [3.63, 3.8) is 0 Å². The minimum absolute atomic E-state index is 0.134. The summed E-state index contributed by atoms with van der Waals surface area (Å²) in [6, 6.07) is 6.13. The number of halogens is 2. The first-order chi connectivity index (χ1) is 12.0. The fraction of sp³-hybridized carbons (Fsp3) is 0.444. The van der Waals surface area contributed by atoms with Crippen LogP contribution in [0.25, 0.3) is 0 Å². The van der Waals surface area contributed by atoms with Gasteiger partial charge in [0, 0.05) is 23.2 Å². The van der Waals surface area contributed by atoms with Gasteiger partial charge in [0.05, 0.1) is 18.2 Å². The zero-order chi connectivity index (χ0) is 17.8. The Morgan fingerprint density at radius 1 is 1.44 bits per heavy atom. The number of carbonyl (C=O) groups is 1. The van der Waals surface area contributed by atoms with Gasteiger partial charge in [-0.25, -0.2) is 4.39 Å². The molecule has 7 heteroatoms. The van der Waals surface area contributed by atoms with Gasteiger partial charge in [-0.2, -0.15) is 0 Å². The van der Waals surface area contributed by atoms with E-state index in [-0.39, 0.29) is 24.2 Å². The maximum atomic E-state index is 14.4. The number of rotatable bonds is 6. The lowest BCUT2D eigenvalue weighted by atomic mass is 10.0. The van der Waals surface area contributed by atoms with Gasteiger partial charge in [0.25, 0.3) is 0 Å². The Morgan fingerprint density at radius 2 is 2.20 bits per heavy atom. The van der Waals surface area contributed by atoms with Crippen LogP contribution in [0.1, 0.15) is 35.9 Å². The van der Waals surface area contributed by atoms with Crippen molar-refractivity contribution in [2.75, 3.05) is 19.6 Å². The van der Waals surface area contributed by atoms with Crippen molar-refractivity contribution < 1.29 is 13.7 Å². The standard InChI is InChI=1S/C18H21ClFN3O2/c1-12-9-13(22-25-12)10-17(24)21-11-16(23-7-2-3-8-23)18-14(19)5-4-6-15(18)20/h4-6,9,16H,2-3,7-8,10-11H2,1H3,(H,21,24). The average molecular weight is 366 g/mol. The minimum atomic E-state index is -0.342. The molecular weight excluding hydrogens is 345 g/mol. The molecule has 2 aromatic rings. The molecule has 134 valence electrons. The number of benzene rings is 1. The van der Waals surface area contributed by atoms with Crippen LogP contribution in [-0.2, 0) is 11.2 Å². The summed E-state index contributed by atoms with van der Waals surface area (Å²) in [4.78, 5) is 14.4. The Hall–Kier alpha value is -1.92. The molecular formula is C18H21ClFN3O2. The molecule has 1 aromatic carbocycles. The van der Waals surface area contributed by atoms with Crippen LogP contribution in [0, 0.1) is 12.7 Å². The van der Waals surface area contributed by atoms with Gasteiger partial charge in [0.2, 0.25) is 5.91 Å². The topological polar surface area (TPSA) is 58.4 Å². The van der Waals surface area contributed by atoms with E-state index in [1.54, 1.807) is 25.1 Å². The molecule has 0 spiro atoms. The van der Waals surface area contributed by atoms with Gasteiger partial charge in [-0.15, -0.1) is 0 Å². The molecule has 5 nitrogen and oxygen atoms in total. The summed E-state index contributed by atoms with van der Waals surface area (Å²) in [7, 11) is 0. The molecule has 0 saturated carbocycles. The first kappa shape index (κ1) is 17.9. The molecule has 1 aromatic heterocycles. The molecule has 1 aliphatic rings. The highest BCUT2D eigenvalue weighted by Gasteiger charge is 2.28. The van der Waals surface area contributed by atoms with E-state index in [1.807, 2.05) is 0 Å². The average Bonchev–Trinajstić information content (AvgIpc) is 3.22. The third-order valence-corrected chi connectivity index (χ3v) is 4.75. The zero-order valence-electron chi connectivity index (χ0n) is 14.1. The molecule has 3 rings (SSSR count). The number of aryl methyl sites for hydroxylation is 1. The fourth-order valence-corrected chi connectivity index (χ4v) is 3.52. The van der Waals surface area contributed by atoms with Crippen molar-refractivity contribution in [1.82, 2.24) is 15.4 Å². The normalized spacial score (nSPS) is 16.1. The van der Waals surface area contributed by atoms with Crippen LogP contribution in [0.5, 0.6) is 0 Å². The van der Waals surface area contributed by atoms with E-state index >= 15 is 0 Å². The summed E-state index contributed by atoms with van der Waals surface area (Å²) in [6.45, 7) is 3.82. The highest BCUT2D eigenvalue weighted by Crippen LogP contribution is 2.31. The number of hydrogen-bond donors (Lipinski definition) is 1. The van der Waals surface area contributed by atoms with Crippen LogP contribution in [0.15, 0.2) is 28.8 Å². The lowest BCUT2D eigenvalue weighted by Crippen LogP contribution is -2.38. The highest BCUT2D eigenvalue weighted by atomic mass is 35.5. The largest absolute Gasteiger partial charge is 0.361 e. The Bertz CT molecular complexity index is 723. The molecule has 2 heterocycles. The molecule has 1 unspecified atom stereocenters. The van der Waals surface area contributed by atoms with Gasteiger partial charge in [-0.1, -0.05) is 22.8 Å². The second-order valence-corrected chi connectivity index (χ2v) is 6.71. The molecule has 0 bridgehead atoms. The summed E-state index contributed by atoms with van der Waals surface area (Å²) in [5, 5.41) is 7.09. The van der Waals surface area contributed by atoms with Crippen LogP contribution < -0.4 is 5.32 Å². The van der Waals surface area contributed by atoms with Crippen LogP contribution in [0.4, 0.5) is 4.39 Å². The van der Waals surface area contributed by atoms with Crippen LogP contribution in [-0.4, -0.2) is 35.6 Å². The first-order valence-corrected chi connectivity index (χ1v) is 8.79. The van der Waals surface area contributed by atoms with Gasteiger partial charge < -0.3 is 9.84 Å². The lowest BCUT2D eigenvalue weighted by molar-refractivity contribution is -0.120. The summed E-state index contributed by atoms with van der Waals surface area (Å²) in [5.41, 5.74) is 1.03. The number of nitrogens with one attached hydrogen (secondary N) is 1. The lowest BCUT2D eigenvalue weighted by Gasteiger charge is -2.29. The molecule has 0 radical (unpaired) electrons. The number of carbonyl (C=O) groups excluding carboxylic acids is 1. The second kappa shape index (κ2) is 7.97. The van der Waals surface area contributed by atoms with Crippen molar-refractivity contribution in [3.05, 3.63) is 52.1 Å². The number of amides is 1. The summed E-state index contributed by atoms with van der Waals surface area (Å²) in [5.74, 6) is 0.145. The van der Waals surface area contributed by atoms with Gasteiger partial charge >= 0.3 is 0 Å². The van der Waals surface area contributed by atoms with Crippen LogP contribution in [0.2, 0.25) is 5.02 Å². The van der Waals surface area contributed by atoms with Crippen molar-refractivity contribution in [2.45, 2.75) is 32.2 Å². The first-order valence-electron chi connectivity index (χ1n) is 8.41. The van der Waals surface area contributed by atoms with E-state index < -0.39 is 0 Å². The van der Waals surface area contributed by atoms with Crippen molar-refractivity contribution in [2.24, 2.45) is 0 Å². The summed E-state index contributed by atoms with van der Waals surface area (Å²) >= 11 is 6.25. The summed E-state index contributed by atoms with van der Waals surface area (Å²) in [6.07, 6.45) is 2.26. The summed E-state index contributed by atoms with van der Waals surface area (Å²) < 4.78 is 19.3. The van der Waals surface area contributed by atoms with E-state index in [0.717, 1.165) is 25.9 Å². The smallest absolute Gasteiger partial charge is 0.226 e. The molecule has 1 amide bonds. The Labute approximate surface area is 151 Å². The molecule has 1 saturated heterocycles. The van der Waals surface area contributed by atoms with Crippen molar-refractivity contribution in [3.8, 4) is 0 Å². The van der Waals surface area contributed by atoms with E-state index in [1.165, 1.54) is 6.07 Å². The third-order valence-electron chi connectivity index (χ3n) is 4.43. The van der Waals surface area contributed by atoms with Gasteiger partial charge in [0.15, 0.2) is 0 Å². The Kier molecular flexibility index (Phi) is 5.71. The van der Waals surface area contributed by atoms with E-state index in [0.29, 0.717) is 28.6 Å². The molecule has 1 aliphatic heterocycles. The number of nitrogens with zero attached hydrogens (tertiary/aromatic N) is 2. The highest BCUT2D eigenvalue weighted by molar-refractivity contribution is 6.31. The maximum absolute atomic E-state index is 14.4. The molecule has 25 heavy (non-hydrogen) atoms. The van der Waals surface area contributed by atoms with E-state index in [2.05, 4.69) is 15.4 Å². The number of hydrogen-bond acceptors (Lipinski definition) is 4. The predicted octanol–water partition coefficient (Wildman–Crippen LogP) is 3.27. The molecule has 1 fully saturated rings. The van der Waals surface area contributed by atoms with Gasteiger partial charge in [-0.05, 0) is 45.0 Å². The maximum Gasteiger partial charge on any atom is 0.226 e. The van der Waals surface area contributed by atoms with Crippen LogP contribution >= 0.6 is 11.6 Å². The molecule has 1 N–H and O–H groups in total. The Morgan fingerprint density at radius 3 is 2.84 bits per heavy atom. The van der Waals surface area contributed by atoms with Crippen molar-refractivity contribution >= 4 is 17.5 Å². The minimum Gasteiger partial charge on any atom is -0.361 e. The fourth-order valence-electron chi connectivity index (χ4n) is 3.23. The number of likely N-dealkylation sites (tertiary alicyclic amines) is 1. The molecule has 0 aliphatic carbocycles. The SMILES string of the molecule is Cc1cc(CC(=O)NCC(c2c(F)cccc2Cl)N2CCCC2)no1. The Balaban J connectivity index is 1.71. The van der Waals surface area contributed by atoms with Crippen molar-refractivity contribution in [1.29, 1.82) is 0 Å². The monoisotopic (exact) mass is 365 g/mol. The van der Waals surface area contributed by atoms with Crippen LogP contribution in [0.3, 0.4) is 0 Å². The van der Waals surface area contributed by atoms with Gasteiger partial charge in [0.1, 0.15) is 11.6 Å². The third kappa shape index (κ3) is 4.38. The van der Waals surface area contributed by atoms with E-state index in [9.17, 15) is 9.18 Å². The predicted molar refractivity (Wildman–Crippen MR) is 92.9 cm³/mol. The quantitative estimate of drug-likeness (QED) is 0.853. The van der Waals surface area contributed by atoms with E-state index in [4.69, 9.17) is 16.1 Å². The molecule has 1 atom stereocenters. The second-order valence-electron chi connectivity index (χ2n) is 6.30. The zero-order valence-corrected chi connectivity index (χ0v) is 14.9.